The third kappa shape index (κ3) is 6.58. The lowest BCUT2D eigenvalue weighted by atomic mass is 9.93. The highest BCUT2D eigenvalue weighted by molar-refractivity contribution is 5.82. The Hall–Kier alpha value is -2.08. The van der Waals surface area contributed by atoms with E-state index in [1.165, 1.54) is 6.92 Å². The largest absolute Gasteiger partial charge is 0.459 e. The van der Waals surface area contributed by atoms with Crippen molar-refractivity contribution < 1.29 is 24.2 Å². The summed E-state index contributed by atoms with van der Waals surface area (Å²) in [5, 5.41) is 12.8. The lowest BCUT2D eigenvalue weighted by molar-refractivity contribution is -0.154. The molecular formula is C18H27NO5. The van der Waals surface area contributed by atoms with Crippen molar-refractivity contribution in [2.24, 2.45) is 0 Å². The first-order chi connectivity index (χ1) is 11.0. The van der Waals surface area contributed by atoms with E-state index in [1.54, 1.807) is 27.7 Å². The van der Waals surface area contributed by atoms with Crippen molar-refractivity contribution in [3.63, 3.8) is 0 Å². The molecule has 24 heavy (non-hydrogen) atoms. The van der Waals surface area contributed by atoms with Crippen molar-refractivity contribution in [3.8, 4) is 0 Å². The van der Waals surface area contributed by atoms with Gasteiger partial charge in [-0.05, 0) is 39.7 Å². The molecule has 0 aliphatic carbocycles. The van der Waals surface area contributed by atoms with E-state index in [-0.39, 0.29) is 13.0 Å². The van der Waals surface area contributed by atoms with Gasteiger partial charge in [0.1, 0.15) is 12.2 Å². The minimum absolute atomic E-state index is 0.0615. The number of benzene rings is 1. The number of ether oxygens (including phenoxy) is 2. The van der Waals surface area contributed by atoms with E-state index < -0.39 is 29.3 Å². The maximum atomic E-state index is 12.4. The third-order valence-electron chi connectivity index (χ3n) is 3.46. The molecule has 0 fully saturated rings. The smallest absolute Gasteiger partial charge is 0.408 e. The van der Waals surface area contributed by atoms with Crippen LogP contribution in [0.1, 0.15) is 46.6 Å². The van der Waals surface area contributed by atoms with Crippen molar-refractivity contribution >= 4 is 12.1 Å². The molecule has 0 bridgehead atoms. The number of alkyl carbamates (subject to hydrolysis) is 1. The highest BCUT2D eigenvalue weighted by Gasteiger charge is 2.39. The van der Waals surface area contributed by atoms with Crippen molar-refractivity contribution in [1.29, 1.82) is 0 Å². The number of hydrogen-bond acceptors (Lipinski definition) is 5. The Balaban J connectivity index is 2.78. The van der Waals surface area contributed by atoms with Gasteiger partial charge in [-0.2, -0.15) is 0 Å². The highest BCUT2D eigenvalue weighted by Crippen LogP contribution is 2.18. The average Bonchev–Trinajstić information content (AvgIpc) is 2.49. The molecule has 0 aliphatic heterocycles. The quantitative estimate of drug-likeness (QED) is 0.780. The predicted molar refractivity (Wildman–Crippen MR) is 90.3 cm³/mol. The van der Waals surface area contributed by atoms with Gasteiger partial charge in [-0.1, -0.05) is 37.3 Å². The Morgan fingerprint density at radius 2 is 1.75 bits per heavy atom. The SMILES string of the molecule is CC[C@@](C)(O)[C@H](NC(=O)OC(C)(C)C)C(=O)OCc1ccccc1. The van der Waals surface area contributed by atoms with Crippen molar-refractivity contribution in [3.05, 3.63) is 35.9 Å². The predicted octanol–water partition coefficient (Wildman–Crippen LogP) is 2.78. The van der Waals surface area contributed by atoms with Crippen LogP contribution >= 0.6 is 0 Å². The number of esters is 1. The summed E-state index contributed by atoms with van der Waals surface area (Å²) in [6, 6.07) is 7.95. The summed E-state index contributed by atoms with van der Waals surface area (Å²) in [7, 11) is 0. The normalized spacial score (nSPS) is 15.1. The second kappa shape index (κ2) is 8.15. The number of hydrogen-bond donors (Lipinski definition) is 2. The molecule has 6 nitrogen and oxygen atoms in total. The van der Waals surface area contributed by atoms with E-state index in [0.29, 0.717) is 0 Å². The van der Waals surface area contributed by atoms with E-state index in [9.17, 15) is 14.7 Å². The van der Waals surface area contributed by atoms with Crippen LogP contribution < -0.4 is 5.32 Å². The van der Waals surface area contributed by atoms with Gasteiger partial charge >= 0.3 is 12.1 Å². The number of nitrogens with one attached hydrogen (secondary N) is 1. The fourth-order valence-electron chi connectivity index (χ4n) is 1.91. The number of rotatable bonds is 6. The van der Waals surface area contributed by atoms with Crippen molar-refractivity contribution in [2.75, 3.05) is 0 Å². The minimum Gasteiger partial charge on any atom is -0.459 e. The lowest BCUT2D eigenvalue weighted by Crippen LogP contribution is -2.56. The average molecular weight is 337 g/mol. The van der Waals surface area contributed by atoms with E-state index in [2.05, 4.69) is 5.32 Å². The number of amides is 1. The molecule has 2 N–H and O–H groups in total. The van der Waals surface area contributed by atoms with Gasteiger partial charge in [0.2, 0.25) is 0 Å². The lowest BCUT2D eigenvalue weighted by Gasteiger charge is -2.31. The first-order valence-corrected chi connectivity index (χ1v) is 7.97. The molecule has 2 atom stereocenters. The highest BCUT2D eigenvalue weighted by atomic mass is 16.6. The van der Waals surface area contributed by atoms with Crippen molar-refractivity contribution in [2.45, 2.75) is 64.9 Å². The second-order valence-electron chi connectivity index (χ2n) is 6.88. The summed E-state index contributed by atoms with van der Waals surface area (Å²) < 4.78 is 10.4. The van der Waals surface area contributed by atoms with E-state index in [0.717, 1.165) is 5.56 Å². The molecule has 0 spiro atoms. The molecule has 134 valence electrons. The summed E-state index contributed by atoms with van der Waals surface area (Å²) >= 11 is 0. The van der Waals surface area contributed by atoms with Crippen LogP contribution in [0.5, 0.6) is 0 Å². The van der Waals surface area contributed by atoms with Gasteiger partial charge in [0.25, 0.3) is 0 Å². The molecule has 1 aromatic rings. The fourth-order valence-corrected chi connectivity index (χ4v) is 1.91. The zero-order valence-electron chi connectivity index (χ0n) is 15.0. The van der Waals surface area contributed by atoms with Crippen LogP contribution in [0.4, 0.5) is 4.79 Å². The maximum absolute atomic E-state index is 12.4. The standard InChI is InChI=1S/C18H27NO5/c1-6-18(5,22)14(19-16(21)24-17(2,3)4)15(20)23-12-13-10-8-7-9-11-13/h7-11,14,22H,6,12H2,1-5H3,(H,19,21)/t14-,18-/m1/s1. The maximum Gasteiger partial charge on any atom is 0.408 e. The van der Waals surface area contributed by atoms with E-state index in [4.69, 9.17) is 9.47 Å². The van der Waals surface area contributed by atoms with Gasteiger partial charge in [-0.3, -0.25) is 0 Å². The number of carbonyl (C=O) groups excluding carboxylic acids is 2. The van der Waals surface area contributed by atoms with E-state index >= 15 is 0 Å². The summed E-state index contributed by atoms with van der Waals surface area (Å²) in [4.78, 5) is 24.3. The van der Waals surface area contributed by atoms with Crippen LogP contribution in [0.15, 0.2) is 30.3 Å². The second-order valence-corrected chi connectivity index (χ2v) is 6.88. The van der Waals surface area contributed by atoms with Crippen LogP contribution in [0.3, 0.4) is 0 Å². The van der Waals surface area contributed by atoms with Crippen LogP contribution in [0.25, 0.3) is 0 Å². The summed E-state index contributed by atoms with van der Waals surface area (Å²) in [5.41, 5.74) is -1.34. The molecule has 0 heterocycles. The topological polar surface area (TPSA) is 84.9 Å². The van der Waals surface area contributed by atoms with Gasteiger partial charge in [-0.15, -0.1) is 0 Å². The molecule has 1 aromatic carbocycles. The van der Waals surface area contributed by atoms with Gasteiger partial charge < -0.3 is 19.9 Å². The van der Waals surface area contributed by atoms with Crippen LogP contribution in [-0.4, -0.2) is 34.4 Å². The Bertz CT molecular complexity index is 548. The first kappa shape index (κ1) is 20.0. The molecule has 1 amide bonds. The molecule has 0 saturated heterocycles. The number of carbonyl (C=O) groups is 2. The van der Waals surface area contributed by atoms with Crippen molar-refractivity contribution in [1.82, 2.24) is 5.32 Å². The fraction of sp³-hybridized carbons (Fsp3) is 0.556. The third-order valence-corrected chi connectivity index (χ3v) is 3.46. The Morgan fingerprint density at radius 3 is 2.25 bits per heavy atom. The summed E-state index contributed by atoms with van der Waals surface area (Å²) in [6.45, 7) is 8.40. The first-order valence-electron chi connectivity index (χ1n) is 7.97. The van der Waals surface area contributed by atoms with Gasteiger partial charge in [0.05, 0.1) is 5.60 Å². The van der Waals surface area contributed by atoms with Gasteiger partial charge in [0.15, 0.2) is 6.04 Å². The monoisotopic (exact) mass is 337 g/mol. The zero-order chi connectivity index (χ0) is 18.4. The molecule has 0 aromatic heterocycles. The minimum atomic E-state index is -1.45. The molecule has 0 aliphatic rings. The molecule has 0 saturated carbocycles. The Morgan fingerprint density at radius 1 is 1.17 bits per heavy atom. The zero-order valence-corrected chi connectivity index (χ0v) is 15.0. The molecule has 1 rings (SSSR count). The molecular weight excluding hydrogens is 310 g/mol. The Labute approximate surface area is 143 Å². The van der Waals surface area contributed by atoms with Crippen LogP contribution in [-0.2, 0) is 20.9 Å². The molecule has 6 heteroatoms. The summed E-state index contributed by atoms with van der Waals surface area (Å²) in [6.07, 6.45) is -0.522. The Kier molecular flexibility index (Phi) is 6.78. The van der Waals surface area contributed by atoms with E-state index in [1.807, 2.05) is 30.3 Å². The summed E-state index contributed by atoms with van der Waals surface area (Å²) in [5.74, 6) is -0.712. The number of aliphatic hydroxyl groups is 1. The van der Waals surface area contributed by atoms with Gasteiger partial charge in [-0.25, -0.2) is 9.59 Å². The molecule has 0 radical (unpaired) electrons. The van der Waals surface area contributed by atoms with Crippen LogP contribution in [0.2, 0.25) is 0 Å². The molecule has 0 unspecified atom stereocenters. The van der Waals surface area contributed by atoms with Gasteiger partial charge in [0, 0.05) is 0 Å². The van der Waals surface area contributed by atoms with Crippen LogP contribution in [0, 0.1) is 0 Å².